The summed E-state index contributed by atoms with van der Waals surface area (Å²) in [6.07, 6.45) is 2.69. The Morgan fingerprint density at radius 2 is 1.97 bits per heavy atom. The van der Waals surface area contributed by atoms with Gasteiger partial charge < -0.3 is 15.4 Å². The van der Waals surface area contributed by atoms with Gasteiger partial charge in [-0.05, 0) is 42.2 Å². The average molecular weight is 493 g/mol. The van der Waals surface area contributed by atoms with Gasteiger partial charge in [-0.2, -0.15) is 10.2 Å². The number of rotatable bonds is 4. The molecule has 2 aromatic heterocycles. The number of nitrogens with one attached hydrogen (secondary N) is 2. The van der Waals surface area contributed by atoms with E-state index in [4.69, 9.17) is 4.74 Å². The zero-order valence-corrected chi connectivity index (χ0v) is 20.0. The molecule has 37 heavy (non-hydrogen) atoms. The third-order valence-electron chi connectivity index (χ3n) is 6.94. The van der Waals surface area contributed by atoms with E-state index in [2.05, 4.69) is 20.6 Å². The van der Waals surface area contributed by atoms with Crippen LogP contribution in [-0.2, 0) is 11.2 Å². The summed E-state index contributed by atoms with van der Waals surface area (Å²) in [5.74, 6) is 0.140. The number of ketones is 1. The number of aromatic nitrogens is 3. The number of anilines is 2. The molecule has 1 aliphatic carbocycles. The molecular weight excluding hydrogens is 468 g/mol. The van der Waals surface area contributed by atoms with Crippen molar-refractivity contribution in [2.24, 2.45) is 0 Å². The van der Waals surface area contributed by atoms with Gasteiger partial charge in [0.2, 0.25) is 5.95 Å². The number of carbonyl (C=O) groups is 1. The van der Waals surface area contributed by atoms with E-state index in [1.54, 1.807) is 12.3 Å². The van der Waals surface area contributed by atoms with E-state index in [-0.39, 0.29) is 23.4 Å². The summed E-state index contributed by atoms with van der Waals surface area (Å²) in [5.41, 5.74) is 3.17. The fraction of sp³-hybridized carbons (Fsp3) is 0.250. The molecule has 1 aliphatic heterocycles. The molecule has 1 fully saturated rings. The highest BCUT2D eigenvalue weighted by molar-refractivity contribution is 6.02. The van der Waals surface area contributed by atoms with Crippen molar-refractivity contribution in [1.82, 2.24) is 19.9 Å². The van der Waals surface area contributed by atoms with E-state index < -0.39 is 11.6 Å². The first-order chi connectivity index (χ1) is 18.1. The lowest BCUT2D eigenvalue weighted by Gasteiger charge is -2.26. The molecule has 1 saturated heterocycles. The number of carbonyl (C=O) groups excluding carboxylic acids is 1. The summed E-state index contributed by atoms with van der Waals surface area (Å²) in [5, 5.41) is 16.6. The van der Waals surface area contributed by atoms with E-state index in [0.717, 1.165) is 29.9 Å². The summed E-state index contributed by atoms with van der Waals surface area (Å²) in [6, 6.07) is 18.0. The van der Waals surface area contributed by atoms with Crippen molar-refractivity contribution in [2.75, 3.05) is 25.0 Å². The van der Waals surface area contributed by atoms with Gasteiger partial charge in [-0.25, -0.2) is 4.98 Å². The Morgan fingerprint density at radius 1 is 1.14 bits per heavy atom. The average Bonchev–Trinajstić information content (AvgIpc) is 2.95. The fourth-order valence-electron chi connectivity index (χ4n) is 5.07. The monoisotopic (exact) mass is 492 g/mol. The van der Waals surface area contributed by atoms with Gasteiger partial charge in [0.1, 0.15) is 23.3 Å². The van der Waals surface area contributed by atoms with E-state index in [0.29, 0.717) is 36.0 Å². The SMILES string of the molecule is N#Cc1cc2cnc(Nc3ccc(C4CNCCO4)cc3)nc2n(C2CCc3ccccc3C2=O)c1=O. The molecule has 9 nitrogen and oxygen atoms in total. The van der Waals surface area contributed by atoms with Crippen LogP contribution in [-0.4, -0.2) is 40.0 Å². The van der Waals surface area contributed by atoms with Crippen molar-refractivity contribution < 1.29 is 9.53 Å². The highest BCUT2D eigenvalue weighted by Crippen LogP contribution is 2.30. The number of ether oxygens (including phenoxy) is 1. The molecule has 0 radical (unpaired) electrons. The van der Waals surface area contributed by atoms with Crippen LogP contribution < -0.4 is 16.2 Å². The Morgan fingerprint density at radius 3 is 2.76 bits per heavy atom. The quantitative estimate of drug-likeness (QED) is 0.444. The summed E-state index contributed by atoms with van der Waals surface area (Å²) < 4.78 is 7.18. The van der Waals surface area contributed by atoms with Gasteiger partial charge in [-0.3, -0.25) is 14.2 Å². The number of pyridine rings is 1. The maximum Gasteiger partial charge on any atom is 0.270 e. The minimum Gasteiger partial charge on any atom is -0.371 e. The Hall–Kier alpha value is -4.39. The van der Waals surface area contributed by atoms with Gasteiger partial charge in [0.25, 0.3) is 5.56 Å². The minimum atomic E-state index is -0.746. The molecule has 2 atom stereocenters. The normalized spacial score (nSPS) is 19.3. The van der Waals surface area contributed by atoms with E-state index in [1.165, 1.54) is 10.6 Å². The molecule has 0 spiro atoms. The van der Waals surface area contributed by atoms with Gasteiger partial charge in [0.15, 0.2) is 5.78 Å². The van der Waals surface area contributed by atoms with E-state index in [1.807, 2.05) is 48.5 Å². The number of aryl methyl sites for hydroxylation is 1. The van der Waals surface area contributed by atoms with Crippen LogP contribution in [0.3, 0.4) is 0 Å². The Kier molecular flexibility index (Phi) is 5.96. The Bertz CT molecular complexity index is 1600. The third-order valence-corrected chi connectivity index (χ3v) is 6.94. The first kappa shape index (κ1) is 23.0. The lowest BCUT2D eigenvalue weighted by atomic mass is 9.87. The molecule has 2 unspecified atom stereocenters. The number of Topliss-reactive ketones (excluding diaryl/α,β-unsaturated/α-hetero) is 1. The highest BCUT2D eigenvalue weighted by Gasteiger charge is 2.31. The summed E-state index contributed by atoms with van der Waals surface area (Å²) in [4.78, 5) is 35.8. The maximum absolute atomic E-state index is 13.4. The molecule has 3 heterocycles. The maximum atomic E-state index is 13.4. The van der Waals surface area contributed by atoms with E-state index >= 15 is 0 Å². The van der Waals surface area contributed by atoms with Crippen LogP contribution in [0, 0.1) is 11.3 Å². The van der Waals surface area contributed by atoms with Crippen molar-refractivity contribution in [3.05, 3.63) is 93.4 Å². The van der Waals surface area contributed by atoms with Crippen LogP contribution in [0.4, 0.5) is 11.6 Å². The first-order valence-electron chi connectivity index (χ1n) is 12.3. The van der Waals surface area contributed by atoms with Crippen LogP contribution in [0.1, 0.15) is 45.6 Å². The number of hydrogen-bond acceptors (Lipinski definition) is 8. The van der Waals surface area contributed by atoms with Gasteiger partial charge in [-0.15, -0.1) is 0 Å². The van der Waals surface area contributed by atoms with Crippen LogP contribution in [0.5, 0.6) is 0 Å². The second kappa shape index (κ2) is 9.58. The Balaban J connectivity index is 1.37. The van der Waals surface area contributed by atoms with Gasteiger partial charge in [0, 0.05) is 35.9 Å². The molecule has 4 aromatic rings. The number of hydrogen-bond donors (Lipinski definition) is 2. The molecule has 0 saturated carbocycles. The fourth-order valence-corrected chi connectivity index (χ4v) is 5.07. The Labute approximate surface area is 212 Å². The van der Waals surface area contributed by atoms with E-state index in [9.17, 15) is 14.9 Å². The lowest BCUT2D eigenvalue weighted by Crippen LogP contribution is -2.35. The molecule has 9 heteroatoms. The number of morpholine rings is 1. The standard InChI is InChI=1S/C28H24N6O3/c29-14-19-13-20-15-31-28(32-21-8-5-18(6-9-21)24-16-30-11-12-37-24)33-26(20)34(27(19)36)23-10-7-17-3-1-2-4-22(17)25(23)35/h1-6,8-9,13,15,23-24,30H,7,10-12,16H2,(H,31,32,33). The molecule has 2 aliphatic rings. The molecule has 0 bridgehead atoms. The van der Waals surface area contributed by atoms with Crippen LogP contribution in [0.25, 0.3) is 11.0 Å². The topological polar surface area (TPSA) is 122 Å². The molecular formula is C28H24N6O3. The highest BCUT2D eigenvalue weighted by atomic mass is 16.5. The predicted molar refractivity (Wildman–Crippen MR) is 138 cm³/mol. The number of benzene rings is 2. The van der Waals surface area contributed by atoms with Crippen molar-refractivity contribution in [1.29, 1.82) is 5.26 Å². The second-order valence-electron chi connectivity index (χ2n) is 9.20. The van der Waals surface area contributed by atoms with Gasteiger partial charge in [-0.1, -0.05) is 36.4 Å². The number of fused-ring (bicyclic) bond motifs is 2. The molecule has 6 rings (SSSR count). The number of nitrogens with zero attached hydrogens (tertiary/aromatic N) is 4. The van der Waals surface area contributed by atoms with Gasteiger partial charge >= 0.3 is 0 Å². The largest absolute Gasteiger partial charge is 0.371 e. The molecule has 0 amide bonds. The zero-order chi connectivity index (χ0) is 25.4. The zero-order valence-electron chi connectivity index (χ0n) is 20.0. The molecule has 2 aromatic carbocycles. The van der Waals surface area contributed by atoms with Crippen LogP contribution in [0.15, 0.2) is 65.6 Å². The predicted octanol–water partition coefficient (Wildman–Crippen LogP) is 3.44. The number of nitriles is 1. The minimum absolute atomic E-state index is 0.0154. The van der Waals surface area contributed by atoms with Crippen LogP contribution in [0.2, 0.25) is 0 Å². The van der Waals surface area contributed by atoms with Gasteiger partial charge in [0.05, 0.1) is 12.7 Å². The molecule has 2 N–H and O–H groups in total. The van der Waals surface area contributed by atoms with Crippen molar-refractivity contribution in [2.45, 2.75) is 25.0 Å². The third kappa shape index (κ3) is 4.27. The van der Waals surface area contributed by atoms with Crippen molar-refractivity contribution >= 4 is 28.5 Å². The van der Waals surface area contributed by atoms with Crippen molar-refractivity contribution in [3.8, 4) is 6.07 Å². The van der Waals surface area contributed by atoms with Crippen LogP contribution >= 0.6 is 0 Å². The second-order valence-corrected chi connectivity index (χ2v) is 9.20. The van der Waals surface area contributed by atoms with Crippen molar-refractivity contribution in [3.63, 3.8) is 0 Å². The summed E-state index contributed by atoms with van der Waals surface area (Å²) >= 11 is 0. The summed E-state index contributed by atoms with van der Waals surface area (Å²) in [7, 11) is 0. The lowest BCUT2D eigenvalue weighted by molar-refractivity contribution is 0.0277. The first-order valence-corrected chi connectivity index (χ1v) is 12.3. The smallest absolute Gasteiger partial charge is 0.270 e. The molecule has 184 valence electrons. The summed E-state index contributed by atoms with van der Waals surface area (Å²) in [6.45, 7) is 2.31.